The Balaban J connectivity index is 1.28. The van der Waals surface area contributed by atoms with Gasteiger partial charge in [-0.05, 0) is 75.6 Å². The third-order valence-corrected chi connectivity index (χ3v) is 9.95. The van der Waals surface area contributed by atoms with Crippen LogP contribution in [-0.2, 0) is 38.1 Å². The summed E-state index contributed by atoms with van der Waals surface area (Å²) < 4.78 is 41.6. The lowest BCUT2D eigenvalue weighted by Crippen LogP contribution is -2.30. The van der Waals surface area contributed by atoms with E-state index in [1.165, 1.54) is 36.4 Å². The molecule has 2 aromatic rings. The molecule has 0 bridgehead atoms. The Morgan fingerprint density at radius 1 is 0.483 bits per heavy atom. The van der Waals surface area contributed by atoms with Gasteiger partial charge in [0, 0.05) is 24.3 Å². The van der Waals surface area contributed by atoms with Gasteiger partial charge in [0.1, 0.15) is 23.0 Å². The molecule has 2 aromatic carbocycles. The van der Waals surface area contributed by atoms with Crippen molar-refractivity contribution in [1.29, 1.82) is 0 Å². The summed E-state index contributed by atoms with van der Waals surface area (Å²) in [5, 5.41) is 0.133. The first kappa shape index (κ1) is 49.3. The second kappa shape index (κ2) is 28.4. The Hall–Kier alpha value is -5.08. The van der Waals surface area contributed by atoms with E-state index >= 15 is 0 Å². The van der Waals surface area contributed by atoms with Gasteiger partial charge in [0.2, 0.25) is 0 Å². The molecular weight excluding hydrogens is 823 g/mol. The number of hydrogen-bond donors (Lipinski definition) is 0. The van der Waals surface area contributed by atoms with E-state index in [0.717, 1.165) is 76.4 Å². The maximum Gasteiger partial charge on any atom is 0.513 e. The fourth-order valence-corrected chi connectivity index (χ4v) is 6.47. The molecule has 60 heavy (non-hydrogen) atoms. The molecule has 0 radical (unpaired) electrons. The van der Waals surface area contributed by atoms with Gasteiger partial charge in [0.05, 0.1) is 48.3 Å². The predicted octanol–water partition coefficient (Wildman–Crippen LogP) is 10.5. The Morgan fingerprint density at radius 3 is 1.12 bits per heavy atom. The molecule has 0 unspecified atom stereocenters. The minimum atomic E-state index is -0.879. The normalized spacial score (nSPS) is 14.5. The lowest BCUT2D eigenvalue weighted by molar-refractivity contribution is -0.145. The highest BCUT2D eigenvalue weighted by molar-refractivity contribution is 6.32. The molecule has 0 heterocycles. The summed E-state index contributed by atoms with van der Waals surface area (Å²) in [7, 11) is 0. The largest absolute Gasteiger partial charge is 0.513 e. The maximum absolute atomic E-state index is 13.0. The highest BCUT2D eigenvalue weighted by Gasteiger charge is 2.33. The summed E-state index contributed by atoms with van der Waals surface area (Å²) in [4.78, 5) is 72.2. The van der Waals surface area contributed by atoms with Crippen molar-refractivity contribution in [2.75, 3.05) is 26.4 Å². The van der Waals surface area contributed by atoms with E-state index in [1.807, 2.05) is 0 Å². The van der Waals surface area contributed by atoms with Gasteiger partial charge in [-0.3, -0.25) is 9.59 Å². The van der Waals surface area contributed by atoms with Gasteiger partial charge in [0.25, 0.3) is 0 Å². The fraction of sp³-hybridized carbons (Fsp3) is 0.500. The number of halogens is 2. The summed E-state index contributed by atoms with van der Waals surface area (Å²) in [6.07, 6.45) is 12.4. The van der Waals surface area contributed by atoms with E-state index in [0.29, 0.717) is 51.7 Å². The number of carbonyl (C=O) groups excluding carboxylic acids is 6. The molecule has 0 amide bonds. The molecule has 0 spiro atoms. The van der Waals surface area contributed by atoms with Crippen LogP contribution in [0.3, 0.4) is 0 Å². The van der Waals surface area contributed by atoms with Crippen LogP contribution in [0.1, 0.15) is 103 Å². The SMILES string of the molecule is C=CC(=O)OCCCCCCCCOC(=O)Oc1ccc(OC(=O)C2CCC(C(=O)Oc3ccc(OC(=O)OCCCCCCCCOC(=O)C=C)cc3Cl)CC2)c(Cl)c1. The molecule has 16 heteroatoms. The predicted molar refractivity (Wildman–Crippen MR) is 221 cm³/mol. The van der Waals surface area contributed by atoms with Crippen molar-refractivity contribution in [1.82, 2.24) is 0 Å². The standard InChI is InChI=1S/C44H54Cl2O14/c1-3-39(47)53-25-13-9-5-7-11-15-27-55-43(51)57-33-21-23-37(35(45)29-33)59-41(49)31-17-19-32(20-18-31)42(50)60-38-24-22-34(30-36(38)46)58-44(52)56-28-16-12-8-6-10-14-26-54-40(48)4-2/h3-4,21-24,29-32H,1-2,5-20,25-28H2. The van der Waals surface area contributed by atoms with Crippen LogP contribution in [-0.4, -0.2) is 62.6 Å². The zero-order valence-corrected chi connectivity index (χ0v) is 35.3. The number of esters is 4. The molecule has 0 atom stereocenters. The summed E-state index contributed by atoms with van der Waals surface area (Å²) in [5.74, 6) is -2.32. The maximum atomic E-state index is 13.0. The Kier molecular flexibility index (Phi) is 23.3. The van der Waals surface area contributed by atoms with Gasteiger partial charge in [0.15, 0.2) is 0 Å². The number of hydrogen-bond acceptors (Lipinski definition) is 14. The Morgan fingerprint density at radius 2 is 0.800 bits per heavy atom. The molecule has 14 nitrogen and oxygen atoms in total. The first-order chi connectivity index (χ1) is 29.0. The number of unbranched alkanes of at least 4 members (excludes halogenated alkanes) is 10. The Bertz CT molecular complexity index is 1610. The van der Waals surface area contributed by atoms with Gasteiger partial charge < -0.3 is 37.9 Å². The smallest absolute Gasteiger partial charge is 0.463 e. The lowest BCUT2D eigenvalue weighted by Gasteiger charge is -2.26. The van der Waals surface area contributed by atoms with E-state index in [9.17, 15) is 28.8 Å². The van der Waals surface area contributed by atoms with Gasteiger partial charge in [-0.1, -0.05) is 87.7 Å². The minimum absolute atomic E-state index is 0.0666. The number of ether oxygens (including phenoxy) is 8. The first-order valence-corrected chi connectivity index (χ1v) is 21.0. The van der Waals surface area contributed by atoms with Crippen molar-refractivity contribution in [2.45, 2.75) is 103 Å². The summed E-state index contributed by atoms with van der Waals surface area (Å²) >= 11 is 12.6. The number of carbonyl (C=O) groups is 6. The van der Waals surface area contributed by atoms with Crippen LogP contribution in [0, 0.1) is 11.8 Å². The van der Waals surface area contributed by atoms with Crippen molar-refractivity contribution in [3.8, 4) is 23.0 Å². The van der Waals surface area contributed by atoms with Crippen molar-refractivity contribution in [2.24, 2.45) is 11.8 Å². The molecule has 0 aromatic heterocycles. The average Bonchev–Trinajstić information content (AvgIpc) is 3.23. The zero-order valence-electron chi connectivity index (χ0n) is 33.8. The molecule has 1 saturated carbocycles. The van der Waals surface area contributed by atoms with Crippen molar-refractivity contribution in [3.05, 3.63) is 71.8 Å². The second-order valence-corrected chi connectivity index (χ2v) is 14.8. The van der Waals surface area contributed by atoms with Crippen LogP contribution < -0.4 is 18.9 Å². The highest BCUT2D eigenvalue weighted by atomic mass is 35.5. The van der Waals surface area contributed by atoms with Crippen LogP contribution in [0.15, 0.2) is 61.7 Å². The Labute approximate surface area is 360 Å². The van der Waals surface area contributed by atoms with Crippen LogP contribution in [0.2, 0.25) is 10.0 Å². The number of benzene rings is 2. The van der Waals surface area contributed by atoms with Crippen LogP contribution in [0.25, 0.3) is 0 Å². The van der Waals surface area contributed by atoms with Crippen molar-refractivity contribution in [3.63, 3.8) is 0 Å². The third kappa shape index (κ3) is 19.8. The van der Waals surface area contributed by atoms with Crippen LogP contribution in [0.4, 0.5) is 9.59 Å². The fourth-order valence-electron chi connectivity index (χ4n) is 6.05. The minimum Gasteiger partial charge on any atom is -0.463 e. The van der Waals surface area contributed by atoms with Crippen molar-refractivity contribution >= 4 is 59.4 Å². The third-order valence-electron chi connectivity index (χ3n) is 9.36. The van der Waals surface area contributed by atoms with Gasteiger partial charge in [-0.15, -0.1) is 0 Å². The molecule has 3 rings (SSSR count). The topological polar surface area (TPSA) is 176 Å². The quantitative estimate of drug-likeness (QED) is 0.0218. The highest BCUT2D eigenvalue weighted by Crippen LogP contribution is 2.35. The van der Waals surface area contributed by atoms with E-state index < -0.39 is 48.0 Å². The molecule has 1 fully saturated rings. The molecule has 328 valence electrons. The molecule has 0 N–H and O–H groups in total. The monoisotopic (exact) mass is 876 g/mol. The first-order valence-electron chi connectivity index (χ1n) is 20.3. The van der Waals surface area contributed by atoms with Gasteiger partial charge in [-0.25, -0.2) is 19.2 Å². The van der Waals surface area contributed by atoms with E-state index in [2.05, 4.69) is 13.2 Å². The van der Waals surface area contributed by atoms with Gasteiger partial charge >= 0.3 is 36.2 Å². The summed E-state index contributed by atoms with van der Waals surface area (Å²) in [6, 6.07) is 8.43. The lowest BCUT2D eigenvalue weighted by atomic mass is 9.82. The molecule has 1 aliphatic rings. The molecule has 1 aliphatic carbocycles. The molecular formula is C44H54Cl2O14. The summed E-state index contributed by atoms with van der Waals surface area (Å²) in [5.41, 5.74) is 0. The van der Waals surface area contributed by atoms with Crippen LogP contribution >= 0.6 is 23.2 Å². The van der Waals surface area contributed by atoms with Crippen molar-refractivity contribution < 1.29 is 66.7 Å². The van der Waals surface area contributed by atoms with E-state index in [-0.39, 0.29) is 46.3 Å². The van der Waals surface area contributed by atoms with Gasteiger partial charge in [-0.2, -0.15) is 0 Å². The van der Waals surface area contributed by atoms with E-state index in [4.69, 9.17) is 61.1 Å². The number of rotatable bonds is 26. The molecule has 0 saturated heterocycles. The zero-order chi connectivity index (χ0) is 43.5. The van der Waals surface area contributed by atoms with E-state index in [1.54, 1.807) is 0 Å². The molecule has 0 aliphatic heterocycles. The second-order valence-electron chi connectivity index (χ2n) is 14.0. The summed E-state index contributed by atoms with van der Waals surface area (Å²) in [6.45, 7) is 7.83. The average molecular weight is 878 g/mol. The van der Waals surface area contributed by atoms with Crippen LogP contribution in [0.5, 0.6) is 23.0 Å².